The molecule has 0 aliphatic carbocycles. The average molecular weight is 336 g/mol. The summed E-state index contributed by atoms with van der Waals surface area (Å²) in [4.78, 5) is 11.0. The fraction of sp³-hybridized carbons (Fsp3) is 0.364. The summed E-state index contributed by atoms with van der Waals surface area (Å²) in [5.41, 5.74) is 2.34. The molecule has 0 radical (unpaired) electrons. The topological polar surface area (TPSA) is 26.3 Å². The molecule has 0 aliphatic rings. The molecule has 82 valence electrons. The van der Waals surface area contributed by atoms with Gasteiger partial charge >= 0.3 is 5.97 Å². The summed E-state index contributed by atoms with van der Waals surface area (Å²) in [5.74, 6) is -0.175. The quantitative estimate of drug-likeness (QED) is 0.622. The van der Waals surface area contributed by atoms with E-state index in [1.54, 1.807) is 0 Å². The molecule has 0 saturated heterocycles. The van der Waals surface area contributed by atoms with E-state index in [1.807, 2.05) is 12.1 Å². The first-order valence-corrected chi connectivity index (χ1v) is 6.49. The first kappa shape index (κ1) is 12.7. The number of carbonyl (C=O) groups excluding carboxylic acids is 1. The zero-order valence-corrected chi connectivity index (χ0v) is 11.6. The molecule has 0 aromatic heterocycles. The van der Waals surface area contributed by atoms with Gasteiger partial charge in [0.1, 0.15) is 0 Å². The summed E-state index contributed by atoms with van der Waals surface area (Å²) in [6.45, 7) is 0. The van der Waals surface area contributed by atoms with E-state index in [9.17, 15) is 4.79 Å². The number of ether oxygens (including phenoxy) is 1. The monoisotopic (exact) mass is 334 g/mol. The molecule has 2 nitrogen and oxygen atoms in total. The lowest BCUT2D eigenvalue weighted by molar-refractivity contribution is -0.140. The minimum Gasteiger partial charge on any atom is -0.469 e. The van der Waals surface area contributed by atoms with E-state index in [2.05, 4.69) is 42.7 Å². The van der Waals surface area contributed by atoms with Gasteiger partial charge in [0.05, 0.1) is 7.11 Å². The molecule has 1 aromatic rings. The van der Waals surface area contributed by atoms with E-state index in [0.29, 0.717) is 12.8 Å². The third-order valence-electron chi connectivity index (χ3n) is 2.10. The van der Waals surface area contributed by atoms with Gasteiger partial charge in [-0.1, -0.05) is 44.0 Å². The second-order valence-corrected chi connectivity index (χ2v) is 4.55. The Labute approximate surface area is 106 Å². The molecule has 0 spiro atoms. The van der Waals surface area contributed by atoms with Crippen LogP contribution in [0.15, 0.2) is 22.7 Å². The van der Waals surface area contributed by atoms with Crippen molar-refractivity contribution >= 4 is 37.8 Å². The molecule has 0 N–H and O–H groups in total. The van der Waals surface area contributed by atoms with Gasteiger partial charge in [0.25, 0.3) is 0 Å². The Morgan fingerprint density at radius 1 is 1.47 bits per heavy atom. The molecule has 1 aromatic carbocycles. The summed E-state index contributed by atoms with van der Waals surface area (Å²) in [6, 6.07) is 6.14. The number of hydrogen-bond donors (Lipinski definition) is 0. The third-order valence-corrected chi connectivity index (χ3v) is 3.48. The first-order chi connectivity index (χ1) is 7.17. The van der Waals surface area contributed by atoms with E-state index < -0.39 is 0 Å². The number of aryl methyl sites for hydroxylation is 1. The number of hydrogen-bond acceptors (Lipinski definition) is 2. The minimum absolute atomic E-state index is 0.175. The number of methoxy groups -OCH3 is 1. The van der Waals surface area contributed by atoms with E-state index in [0.717, 1.165) is 15.4 Å². The van der Waals surface area contributed by atoms with Crippen molar-refractivity contribution < 1.29 is 9.53 Å². The van der Waals surface area contributed by atoms with Crippen molar-refractivity contribution in [1.82, 2.24) is 0 Å². The van der Waals surface area contributed by atoms with Crippen molar-refractivity contribution in [2.45, 2.75) is 18.2 Å². The Morgan fingerprint density at radius 2 is 2.20 bits per heavy atom. The van der Waals surface area contributed by atoms with E-state index >= 15 is 0 Å². The van der Waals surface area contributed by atoms with Gasteiger partial charge in [-0.2, -0.15) is 0 Å². The normalized spacial score (nSPS) is 10.1. The molecule has 0 unspecified atom stereocenters. The fourth-order valence-electron chi connectivity index (χ4n) is 1.22. The van der Waals surface area contributed by atoms with Crippen LogP contribution >= 0.6 is 31.9 Å². The maximum Gasteiger partial charge on any atom is 0.305 e. The van der Waals surface area contributed by atoms with Crippen molar-refractivity contribution in [1.29, 1.82) is 0 Å². The molecule has 0 fully saturated rings. The molecular weight excluding hydrogens is 324 g/mol. The van der Waals surface area contributed by atoms with Crippen LogP contribution in [0.1, 0.15) is 17.5 Å². The molecule has 0 amide bonds. The lowest BCUT2D eigenvalue weighted by atomic mass is 10.1. The average Bonchev–Trinajstić information content (AvgIpc) is 2.26. The smallest absolute Gasteiger partial charge is 0.305 e. The predicted octanol–water partition coefficient (Wildman–Crippen LogP) is 3.45. The highest BCUT2D eigenvalue weighted by Crippen LogP contribution is 2.21. The molecule has 0 bridgehead atoms. The number of alkyl halides is 1. The van der Waals surface area contributed by atoms with Gasteiger partial charge < -0.3 is 4.74 Å². The van der Waals surface area contributed by atoms with Gasteiger partial charge in [0, 0.05) is 16.2 Å². The predicted molar refractivity (Wildman–Crippen MR) is 67.1 cm³/mol. The minimum atomic E-state index is -0.175. The van der Waals surface area contributed by atoms with Crippen molar-refractivity contribution in [3.05, 3.63) is 33.8 Å². The molecule has 0 atom stereocenters. The number of esters is 1. The van der Waals surface area contributed by atoms with Crippen LogP contribution in [0.3, 0.4) is 0 Å². The summed E-state index contributed by atoms with van der Waals surface area (Å²) in [5, 5.41) is 0.836. The zero-order valence-electron chi connectivity index (χ0n) is 8.43. The fourth-order valence-corrected chi connectivity index (χ4v) is 2.19. The Hall–Kier alpha value is -0.350. The van der Waals surface area contributed by atoms with Crippen LogP contribution in [-0.2, 0) is 21.3 Å². The third kappa shape index (κ3) is 3.95. The maximum absolute atomic E-state index is 11.0. The standard InChI is InChI=1S/C11H12Br2O2/c1-15-11(14)5-4-9-3-2-8(7-12)6-10(9)13/h2-3,6H,4-5,7H2,1H3. The second-order valence-electron chi connectivity index (χ2n) is 3.14. The van der Waals surface area contributed by atoms with Crippen LogP contribution in [-0.4, -0.2) is 13.1 Å². The Balaban J connectivity index is 2.66. The Bertz CT molecular complexity index is 350. The highest BCUT2D eigenvalue weighted by Gasteiger charge is 2.05. The Kier molecular flexibility index (Phi) is 5.32. The highest BCUT2D eigenvalue weighted by atomic mass is 79.9. The summed E-state index contributed by atoms with van der Waals surface area (Å²) < 4.78 is 5.64. The van der Waals surface area contributed by atoms with Crippen molar-refractivity contribution in [3.8, 4) is 0 Å². The molecule has 0 heterocycles. The Morgan fingerprint density at radius 3 is 2.73 bits per heavy atom. The van der Waals surface area contributed by atoms with Crippen LogP contribution in [0.5, 0.6) is 0 Å². The van der Waals surface area contributed by atoms with Gasteiger partial charge in [-0.05, 0) is 23.6 Å². The van der Waals surface area contributed by atoms with Crippen molar-refractivity contribution in [2.75, 3.05) is 7.11 Å². The van der Waals surface area contributed by atoms with Gasteiger partial charge in [-0.15, -0.1) is 0 Å². The van der Waals surface area contributed by atoms with Crippen LogP contribution in [0, 0.1) is 0 Å². The molecule has 4 heteroatoms. The summed E-state index contributed by atoms with van der Waals surface area (Å²) in [7, 11) is 1.41. The summed E-state index contributed by atoms with van der Waals surface area (Å²) >= 11 is 6.88. The van der Waals surface area contributed by atoms with Gasteiger partial charge in [-0.25, -0.2) is 0 Å². The maximum atomic E-state index is 11.0. The zero-order chi connectivity index (χ0) is 11.3. The van der Waals surface area contributed by atoms with Crippen LogP contribution in [0.4, 0.5) is 0 Å². The van der Waals surface area contributed by atoms with Gasteiger partial charge in [0.2, 0.25) is 0 Å². The number of carbonyl (C=O) groups is 1. The molecule has 0 aliphatic heterocycles. The van der Waals surface area contributed by atoms with E-state index in [4.69, 9.17) is 0 Å². The molecular formula is C11H12Br2O2. The number of benzene rings is 1. The number of rotatable bonds is 4. The molecule has 1 rings (SSSR count). The second kappa shape index (κ2) is 6.28. The molecule has 15 heavy (non-hydrogen) atoms. The molecule has 0 saturated carbocycles. The lowest BCUT2D eigenvalue weighted by Gasteiger charge is -2.05. The lowest BCUT2D eigenvalue weighted by Crippen LogP contribution is -2.02. The number of halogens is 2. The summed E-state index contributed by atoms with van der Waals surface area (Å²) in [6.07, 6.45) is 1.12. The van der Waals surface area contributed by atoms with E-state index in [-0.39, 0.29) is 5.97 Å². The highest BCUT2D eigenvalue weighted by molar-refractivity contribution is 9.10. The van der Waals surface area contributed by atoms with Crippen LogP contribution < -0.4 is 0 Å². The van der Waals surface area contributed by atoms with E-state index in [1.165, 1.54) is 12.7 Å². The van der Waals surface area contributed by atoms with Crippen LogP contribution in [0.2, 0.25) is 0 Å². The van der Waals surface area contributed by atoms with Crippen molar-refractivity contribution in [2.24, 2.45) is 0 Å². The van der Waals surface area contributed by atoms with Gasteiger partial charge in [-0.3, -0.25) is 4.79 Å². The largest absolute Gasteiger partial charge is 0.469 e. The van der Waals surface area contributed by atoms with Gasteiger partial charge in [0.15, 0.2) is 0 Å². The SMILES string of the molecule is COC(=O)CCc1ccc(CBr)cc1Br. The van der Waals surface area contributed by atoms with Crippen LogP contribution in [0.25, 0.3) is 0 Å². The first-order valence-electron chi connectivity index (χ1n) is 4.57. The van der Waals surface area contributed by atoms with Crippen molar-refractivity contribution in [3.63, 3.8) is 0 Å².